The molecule has 1 aromatic heterocycles. The molecule has 1 fully saturated rings. The number of aromatic amines is 1. The minimum atomic E-state index is 0.211. The quantitative estimate of drug-likeness (QED) is 0.807. The minimum Gasteiger partial charge on any atom is -0.361 e. The molecule has 0 saturated heterocycles. The van der Waals surface area contributed by atoms with Gasteiger partial charge >= 0.3 is 0 Å². The van der Waals surface area contributed by atoms with Crippen LogP contribution in [0.5, 0.6) is 0 Å². The van der Waals surface area contributed by atoms with Crippen molar-refractivity contribution in [2.24, 2.45) is 11.7 Å². The zero-order chi connectivity index (χ0) is 11.7. The summed E-state index contributed by atoms with van der Waals surface area (Å²) in [5, 5.41) is 1.27. The maximum absolute atomic E-state index is 6.42. The molecule has 1 saturated carbocycles. The van der Waals surface area contributed by atoms with Crippen molar-refractivity contribution in [3.63, 3.8) is 0 Å². The lowest BCUT2D eigenvalue weighted by molar-refractivity contribution is 0.308. The average Bonchev–Trinajstić information content (AvgIpc) is 2.86. The molecule has 2 aromatic rings. The molecule has 90 valence electrons. The van der Waals surface area contributed by atoms with Gasteiger partial charge in [0.25, 0.3) is 0 Å². The number of rotatable bonds is 2. The van der Waals surface area contributed by atoms with Crippen LogP contribution in [0.2, 0.25) is 0 Å². The maximum atomic E-state index is 6.42. The van der Waals surface area contributed by atoms with Gasteiger partial charge in [-0.1, -0.05) is 31.4 Å². The summed E-state index contributed by atoms with van der Waals surface area (Å²) in [5.74, 6) is 0.677. The van der Waals surface area contributed by atoms with Crippen LogP contribution in [0, 0.1) is 5.92 Å². The molecular weight excluding hydrogens is 208 g/mol. The van der Waals surface area contributed by atoms with Crippen molar-refractivity contribution in [2.45, 2.75) is 38.1 Å². The maximum Gasteiger partial charge on any atom is 0.0457 e. The highest BCUT2D eigenvalue weighted by Crippen LogP contribution is 2.33. The Morgan fingerprint density at radius 2 is 1.94 bits per heavy atom. The highest BCUT2D eigenvalue weighted by molar-refractivity contribution is 5.79. The third-order valence-electron chi connectivity index (χ3n) is 4.12. The summed E-state index contributed by atoms with van der Waals surface area (Å²) in [6.07, 6.45) is 8.67. The van der Waals surface area contributed by atoms with Gasteiger partial charge in [0.2, 0.25) is 0 Å². The second-order valence-corrected chi connectivity index (χ2v) is 5.25. The van der Waals surface area contributed by atoms with Crippen LogP contribution >= 0.6 is 0 Å². The Bertz CT molecular complexity index is 494. The van der Waals surface area contributed by atoms with Crippen molar-refractivity contribution >= 4 is 10.9 Å². The third kappa shape index (κ3) is 2.09. The summed E-state index contributed by atoms with van der Waals surface area (Å²) in [6, 6.07) is 8.89. The van der Waals surface area contributed by atoms with Crippen LogP contribution < -0.4 is 5.73 Å². The molecule has 17 heavy (non-hydrogen) atoms. The molecule has 0 unspecified atom stereocenters. The highest BCUT2D eigenvalue weighted by atomic mass is 14.7. The van der Waals surface area contributed by atoms with Gasteiger partial charge in [0.1, 0.15) is 0 Å². The number of nitrogens with two attached hydrogens (primary N) is 1. The fourth-order valence-electron chi connectivity index (χ4n) is 3.04. The topological polar surface area (TPSA) is 41.8 Å². The van der Waals surface area contributed by atoms with Gasteiger partial charge in [0.15, 0.2) is 0 Å². The Kier molecular flexibility index (Phi) is 2.89. The second kappa shape index (κ2) is 4.53. The zero-order valence-corrected chi connectivity index (χ0v) is 10.2. The minimum absolute atomic E-state index is 0.211. The average molecular weight is 228 g/mol. The first-order valence-corrected chi connectivity index (χ1v) is 6.67. The first kappa shape index (κ1) is 10.8. The molecule has 0 spiro atoms. The molecule has 3 rings (SSSR count). The smallest absolute Gasteiger partial charge is 0.0457 e. The van der Waals surface area contributed by atoms with Crippen LogP contribution in [0.1, 0.15) is 43.7 Å². The van der Waals surface area contributed by atoms with Crippen molar-refractivity contribution in [1.82, 2.24) is 4.98 Å². The monoisotopic (exact) mass is 228 g/mol. The van der Waals surface area contributed by atoms with E-state index in [1.165, 1.54) is 48.6 Å². The van der Waals surface area contributed by atoms with E-state index >= 15 is 0 Å². The SMILES string of the molecule is N[C@H](c1ccc2cc[nH]c2c1)C1CCCCC1. The molecule has 1 aliphatic rings. The summed E-state index contributed by atoms with van der Waals surface area (Å²) >= 11 is 0. The van der Waals surface area contributed by atoms with Crippen LogP contribution in [-0.4, -0.2) is 4.98 Å². The van der Waals surface area contributed by atoms with E-state index in [0.29, 0.717) is 5.92 Å². The van der Waals surface area contributed by atoms with Crippen molar-refractivity contribution in [3.8, 4) is 0 Å². The van der Waals surface area contributed by atoms with Crippen molar-refractivity contribution < 1.29 is 0 Å². The molecule has 0 aliphatic heterocycles. The van der Waals surface area contributed by atoms with Crippen LogP contribution in [-0.2, 0) is 0 Å². The number of nitrogens with one attached hydrogen (secondary N) is 1. The van der Waals surface area contributed by atoms with Gasteiger partial charge in [-0.15, -0.1) is 0 Å². The Balaban J connectivity index is 1.86. The van der Waals surface area contributed by atoms with E-state index in [-0.39, 0.29) is 6.04 Å². The lowest BCUT2D eigenvalue weighted by atomic mass is 9.81. The molecule has 1 aliphatic carbocycles. The molecule has 1 aromatic carbocycles. The Labute approximate surface area is 102 Å². The predicted octanol–water partition coefficient (Wildman–Crippen LogP) is 3.75. The highest BCUT2D eigenvalue weighted by Gasteiger charge is 2.21. The molecule has 3 N–H and O–H groups in total. The first-order chi connectivity index (χ1) is 8.34. The van der Waals surface area contributed by atoms with Gasteiger partial charge < -0.3 is 10.7 Å². The number of benzene rings is 1. The fraction of sp³-hybridized carbons (Fsp3) is 0.467. The van der Waals surface area contributed by atoms with Crippen LogP contribution in [0.15, 0.2) is 30.5 Å². The van der Waals surface area contributed by atoms with Gasteiger partial charge in [-0.05, 0) is 41.8 Å². The fourth-order valence-corrected chi connectivity index (χ4v) is 3.04. The predicted molar refractivity (Wildman–Crippen MR) is 71.8 cm³/mol. The number of fused-ring (bicyclic) bond motifs is 1. The standard InChI is InChI=1S/C15H20N2/c16-15(12-4-2-1-3-5-12)13-7-6-11-8-9-17-14(11)10-13/h6-10,12,15,17H,1-5,16H2/t15-/m0/s1. The van der Waals surface area contributed by atoms with Gasteiger partial charge in [-0.3, -0.25) is 0 Å². The molecule has 0 bridgehead atoms. The van der Waals surface area contributed by atoms with Crippen molar-refractivity contribution in [1.29, 1.82) is 0 Å². The Hall–Kier alpha value is -1.28. The first-order valence-electron chi connectivity index (χ1n) is 6.67. The van der Waals surface area contributed by atoms with Crippen molar-refractivity contribution in [2.75, 3.05) is 0 Å². The number of H-pyrrole nitrogens is 1. The van der Waals surface area contributed by atoms with Gasteiger partial charge in [0, 0.05) is 17.8 Å². The Morgan fingerprint density at radius 1 is 1.12 bits per heavy atom. The zero-order valence-electron chi connectivity index (χ0n) is 10.2. The van der Waals surface area contributed by atoms with Gasteiger partial charge in [-0.2, -0.15) is 0 Å². The summed E-state index contributed by atoms with van der Waals surface area (Å²) < 4.78 is 0. The third-order valence-corrected chi connectivity index (χ3v) is 4.12. The van der Waals surface area contributed by atoms with E-state index in [1.807, 2.05) is 6.20 Å². The van der Waals surface area contributed by atoms with Gasteiger partial charge in [-0.25, -0.2) is 0 Å². The van der Waals surface area contributed by atoms with Crippen LogP contribution in [0.3, 0.4) is 0 Å². The number of hydrogen-bond donors (Lipinski definition) is 2. The summed E-state index contributed by atoms with van der Waals surface area (Å²) in [7, 11) is 0. The largest absolute Gasteiger partial charge is 0.361 e. The van der Waals surface area contributed by atoms with E-state index in [4.69, 9.17) is 5.73 Å². The van der Waals surface area contributed by atoms with Gasteiger partial charge in [0.05, 0.1) is 0 Å². The summed E-state index contributed by atoms with van der Waals surface area (Å²) in [5.41, 5.74) is 8.90. The number of hydrogen-bond acceptors (Lipinski definition) is 1. The van der Waals surface area contributed by atoms with E-state index < -0.39 is 0 Å². The molecule has 0 radical (unpaired) electrons. The second-order valence-electron chi connectivity index (χ2n) is 5.25. The molecule has 1 atom stereocenters. The number of aromatic nitrogens is 1. The Morgan fingerprint density at radius 3 is 2.76 bits per heavy atom. The van der Waals surface area contributed by atoms with E-state index in [0.717, 1.165) is 0 Å². The molecule has 1 heterocycles. The summed E-state index contributed by atoms with van der Waals surface area (Å²) in [6.45, 7) is 0. The van der Waals surface area contributed by atoms with E-state index in [9.17, 15) is 0 Å². The van der Waals surface area contributed by atoms with E-state index in [2.05, 4.69) is 29.2 Å². The lowest BCUT2D eigenvalue weighted by Crippen LogP contribution is -2.23. The normalized spacial score (nSPS) is 19.6. The molecule has 2 heteroatoms. The van der Waals surface area contributed by atoms with Crippen LogP contribution in [0.25, 0.3) is 10.9 Å². The molecular formula is C15H20N2. The lowest BCUT2D eigenvalue weighted by Gasteiger charge is -2.27. The van der Waals surface area contributed by atoms with Crippen molar-refractivity contribution in [3.05, 3.63) is 36.0 Å². The summed E-state index contributed by atoms with van der Waals surface area (Å²) in [4.78, 5) is 3.26. The van der Waals surface area contributed by atoms with Crippen LogP contribution in [0.4, 0.5) is 0 Å². The molecule has 2 nitrogen and oxygen atoms in total. The molecule has 0 amide bonds. The van der Waals surface area contributed by atoms with E-state index in [1.54, 1.807) is 0 Å².